The molecule has 0 bridgehead atoms. The minimum absolute atomic E-state index is 0.0325. The third-order valence-corrected chi connectivity index (χ3v) is 9.94. The van der Waals surface area contributed by atoms with Gasteiger partial charge in [-0.1, -0.05) is 0 Å². The molecule has 9 nitrogen and oxygen atoms in total. The maximum Gasteiger partial charge on any atom is 0.343 e. The number of carbonyl (C=O) groups is 3. The van der Waals surface area contributed by atoms with Crippen LogP contribution in [0.25, 0.3) is 0 Å². The second-order valence-electron chi connectivity index (χ2n) is 8.05. The van der Waals surface area contributed by atoms with Gasteiger partial charge >= 0.3 is 17.9 Å². The van der Waals surface area contributed by atoms with Gasteiger partial charge in [0.05, 0.1) is 21.6 Å². The van der Waals surface area contributed by atoms with E-state index in [1.807, 2.05) is 0 Å². The summed E-state index contributed by atoms with van der Waals surface area (Å²) in [7, 11) is -4.75. The van der Waals surface area contributed by atoms with Crippen LogP contribution in [0.3, 0.4) is 0 Å². The predicted molar refractivity (Wildman–Crippen MR) is 179 cm³/mol. The van der Waals surface area contributed by atoms with Crippen molar-refractivity contribution in [2.75, 3.05) is 0 Å². The van der Waals surface area contributed by atoms with Crippen LogP contribution in [0.15, 0.2) is 83.8 Å². The third-order valence-electron chi connectivity index (χ3n) is 5.13. The Morgan fingerprint density at radius 1 is 0.537 bits per heavy atom. The molecule has 0 heterocycles. The van der Waals surface area contributed by atoms with Crippen molar-refractivity contribution in [3.05, 3.63) is 110 Å². The smallest absolute Gasteiger partial charge is 0.343 e. The molecule has 0 saturated heterocycles. The van der Waals surface area contributed by atoms with E-state index >= 15 is 0 Å². The van der Waals surface area contributed by atoms with E-state index in [4.69, 9.17) is 14.2 Å². The Balaban J connectivity index is 1.66. The number of esters is 3. The summed E-state index contributed by atoms with van der Waals surface area (Å²) in [6.07, 6.45) is 0. The summed E-state index contributed by atoms with van der Waals surface area (Å²) in [6.45, 7) is 0. The molecule has 0 amide bonds. The highest BCUT2D eigenvalue weighted by Gasteiger charge is 2.20. The van der Waals surface area contributed by atoms with Crippen LogP contribution in [-0.2, 0) is 10.1 Å². The normalized spacial score (nSPS) is 11.0. The van der Waals surface area contributed by atoms with Gasteiger partial charge in [-0.05, 0) is 163 Å². The van der Waals surface area contributed by atoms with Crippen molar-refractivity contribution in [2.24, 2.45) is 0 Å². The summed E-state index contributed by atoms with van der Waals surface area (Å²) in [5, 5.41) is 0. The van der Waals surface area contributed by atoms with Crippen molar-refractivity contribution in [1.29, 1.82) is 0 Å². The van der Waals surface area contributed by atoms with Gasteiger partial charge in [-0.3, -0.25) is 0 Å². The number of ether oxygens (including phenoxy) is 3. The van der Waals surface area contributed by atoms with Crippen molar-refractivity contribution in [2.45, 2.75) is 4.90 Å². The highest BCUT2D eigenvalue weighted by Crippen LogP contribution is 2.31. The molecule has 4 aromatic rings. The number of halogens is 4. The van der Waals surface area contributed by atoms with E-state index in [2.05, 4.69) is 45.2 Å². The van der Waals surface area contributed by atoms with Gasteiger partial charge < -0.3 is 18.8 Å². The van der Waals surface area contributed by atoms with Gasteiger partial charge in [-0.2, -0.15) is 0 Å². The van der Waals surface area contributed by atoms with Crippen LogP contribution in [0.1, 0.15) is 31.1 Å². The fraction of sp³-hybridized carbons (Fsp3) is 0. The zero-order valence-corrected chi connectivity index (χ0v) is 29.5. The number of carbonyl (C=O) groups excluding carboxylic acids is 3. The summed E-state index contributed by atoms with van der Waals surface area (Å²) >= 11 is 7.51. The zero-order valence-electron chi connectivity index (χ0n) is 20.1. The minimum Gasteiger partial charge on any atom is -0.744 e. The van der Waals surface area contributed by atoms with E-state index in [0.29, 0.717) is 0 Å². The maximum absolute atomic E-state index is 13.1. The average Bonchev–Trinajstić information content (AvgIpc) is 2.88. The number of hydrogen-bond acceptors (Lipinski definition) is 9. The van der Waals surface area contributed by atoms with Crippen LogP contribution in [0.2, 0.25) is 0 Å². The molecule has 0 aliphatic rings. The molecule has 0 radical (unpaired) electrons. The van der Waals surface area contributed by atoms with E-state index < -0.39 is 32.9 Å². The van der Waals surface area contributed by atoms with Crippen molar-refractivity contribution in [3.8, 4) is 17.2 Å². The molecule has 0 N–H and O–H groups in total. The van der Waals surface area contributed by atoms with Crippen molar-refractivity contribution in [3.63, 3.8) is 0 Å². The van der Waals surface area contributed by atoms with E-state index in [0.717, 1.165) is 7.14 Å². The highest BCUT2D eigenvalue weighted by atomic mass is 127. The molecule has 14 heteroatoms. The molecule has 0 aliphatic heterocycles. The second kappa shape index (κ2) is 13.6. The van der Waals surface area contributed by atoms with Gasteiger partial charge in [0, 0.05) is 20.3 Å². The monoisotopic (exact) mass is 1020 g/mol. The van der Waals surface area contributed by atoms with Gasteiger partial charge in [0.2, 0.25) is 0 Å². The van der Waals surface area contributed by atoms with Crippen LogP contribution in [0.5, 0.6) is 17.2 Å². The lowest BCUT2D eigenvalue weighted by Gasteiger charge is -2.14. The SMILES string of the molecule is O=C(Oc1cc(OC(=O)c2ccc(I)cc2)cc(C(=O)Oc2cc(I)c(S(=O)(=O)[O-])c(I)c2)c1)c1ccc(I)cc1. The largest absolute Gasteiger partial charge is 0.744 e. The minimum atomic E-state index is -4.75. The molecule has 0 spiro atoms. The predicted octanol–water partition coefficient (Wildman–Crippen LogP) is 6.67. The molecule has 4 aromatic carbocycles. The molecule has 0 atom stereocenters. The van der Waals surface area contributed by atoms with Crippen molar-refractivity contribution >= 4 is 118 Å². The Morgan fingerprint density at radius 3 is 1.24 bits per heavy atom. The van der Waals surface area contributed by atoms with Crippen LogP contribution in [0.4, 0.5) is 0 Å². The van der Waals surface area contributed by atoms with Crippen molar-refractivity contribution < 1.29 is 41.6 Å². The van der Waals surface area contributed by atoms with Crippen LogP contribution >= 0.6 is 90.4 Å². The average molecular weight is 1020 g/mol. The van der Waals surface area contributed by atoms with Crippen LogP contribution in [0, 0.1) is 14.3 Å². The third kappa shape index (κ3) is 8.58. The molecular formula is C27H13I4O9S-. The summed E-state index contributed by atoms with van der Waals surface area (Å²) in [5.74, 6) is -2.56. The van der Waals surface area contributed by atoms with Gasteiger partial charge in [-0.15, -0.1) is 0 Å². The summed E-state index contributed by atoms with van der Waals surface area (Å²) in [5.41, 5.74) is 0.385. The standard InChI is InChI=1S/C27H14I4O9S/c28-17-5-1-14(2-6-17)25(32)38-19-9-16(10-20(11-19)39-26(33)15-3-7-18(29)8-4-15)27(34)40-21-12-22(30)24(23(31)13-21)41(35,36)37/h1-13H,(H,35,36,37)/p-1. The van der Waals surface area contributed by atoms with Crippen molar-refractivity contribution in [1.82, 2.24) is 0 Å². The van der Waals surface area contributed by atoms with Gasteiger partial charge in [0.15, 0.2) is 0 Å². The molecule has 0 saturated carbocycles. The number of hydrogen-bond donors (Lipinski definition) is 0. The van der Waals surface area contributed by atoms with E-state index in [-0.39, 0.29) is 41.1 Å². The first kappa shape index (κ1) is 32.0. The van der Waals surface area contributed by atoms with Crippen LogP contribution in [-0.4, -0.2) is 30.9 Å². The Kier molecular flexibility index (Phi) is 10.6. The first-order chi connectivity index (χ1) is 19.3. The summed E-state index contributed by atoms with van der Waals surface area (Å²) in [4.78, 5) is 38.2. The molecular weight excluding hydrogens is 1010 g/mol. The van der Waals surface area contributed by atoms with Gasteiger partial charge in [-0.25, -0.2) is 22.8 Å². The zero-order chi connectivity index (χ0) is 29.9. The summed E-state index contributed by atoms with van der Waals surface area (Å²) < 4.78 is 53.0. The molecule has 0 aliphatic carbocycles. The fourth-order valence-electron chi connectivity index (χ4n) is 3.31. The Labute approximate surface area is 288 Å². The quantitative estimate of drug-likeness (QED) is 0.0862. The lowest BCUT2D eigenvalue weighted by atomic mass is 10.2. The lowest BCUT2D eigenvalue weighted by molar-refractivity contribution is 0.0705. The lowest BCUT2D eigenvalue weighted by Crippen LogP contribution is -2.14. The number of rotatable bonds is 7. The molecule has 4 rings (SSSR count). The van der Waals surface area contributed by atoms with Gasteiger partial charge in [0.25, 0.3) is 0 Å². The number of benzene rings is 4. The van der Waals surface area contributed by atoms with Crippen LogP contribution < -0.4 is 14.2 Å². The Hall–Kier alpha value is -1.88. The topological polar surface area (TPSA) is 136 Å². The molecule has 210 valence electrons. The Morgan fingerprint density at radius 2 is 0.878 bits per heavy atom. The first-order valence-electron chi connectivity index (χ1n) is 11.1. The summed E-state index contributed by atoms with van der Waals surface area (Å²) in [6, 6.07) is 19.4. The fourth-order valence-corrected chi connectivity index (χ4v) is 7.96. The molecule has 41 heavy (non-hydrogen) atoms. The second-order valence-corrected chi connectivity index (χ2v) is 14.2. The van der Waals surface area contributed by atoms with E-state index in [1.165, 1.54) is 30.3 Å². The molecule has 0 fully saturated rings. The highest BCUT2D eigenvalue weighted by molar-refractivity contribution is 14.1. The Bertz CT molecular complexity index is 1670. The molecule has 0 unspecified atom stereocenters. The van der Waals surface area contributed by atoms with E-state index in [9.17, 15) is 27.4 Å². The van der Waals surface area contributed by atoms with Gasteiger partial charge in [0.1, 0.15) is 27.4 Å². The van der Waals surface area contributed by atoms with E-state index in [1.54, 1.807) is 93.7 Å². The first-order valence-corrected chi connectivity index (χ1v) is 16.8. The molecule has 0 aromatic heterocycles. The maximum atomic E-state index is 13.1.